The third kappa shape index (κ3) is 5.91. The van der Waals surface area contributed by atoms with Crippen molar-refractivity contribution < 1.29 is 9.53 Å². The highest BCUT2D eigenvalue weighted by molar-refractivity contribution is 7.99. The van der Waals surface area contributed by atoms with Crippen LogP contribution < -0.4 is 10.1 Å². The molecule has 0 aliphatic heterocycles. The van der Waals surface area contributed by atoms with Gasteiger partial charge in [0.05, 0.1) is 10.7 Å². The first-order chi connectivity index (χ1) is 14.1. The van der Waals surface area contributed by atoms with Crippen molar-refractivity contribution in [1.82, 2.24) is 14.8 Å². The van der Waals surface area contributed by atoms with Crippen LogP contribution >= 0.6 is 35.1 Å². The van der Waals surface area contributed by atoms with E-state index in [0.717, 1.165) is 15.7 Å². The van der Waals surface area contributed by atoms with Gasteiger partial charge in [0.2, 0.25) is 5.91 Å². The number of carbonyl (C=O) groups is 1. The molecular formula is C20H21ClN4O2S2. The van der Waals surface area contributed by atoms with Crippen LogP contribution in [0.2, 0.25) is 5.02 Å². The highest BCUT2D eigenvalue weighted by Crippen LogP contribution is 2.26. The van der Waals surface area contributed by atoms with Crippen molar-refractivity contribution in [2.24, 2.45) is 7.05 Å². The molecule has 0 fully saturated rings. The predicted octanol–water partition coefficient (Wildman–Crippen LogP) is 4.89. The predicted molar refractivity (Wildman–Crippen MR) is 119 cm³/mol. The van der Waals surface area contributed by atoms with Crippen LogP contribution in [-0.4, -0.2) is 32.7 Å². The largest absolute Gasteiger partial charge is 0.484 e. The lowest BCUT2D eigenvalue weighted by Gasteiger charge is -2.09. The Hall–Kier alpha value is -2.16. The Bertz CT molecular complexity index is 981. The van der Waals surface area contributed by atoms with Crippen LogP contribution in [0.4, 0.5) is 5.69 Å². The number of ether oxygens (including phenoxy) is 1. The normalized spacial score (nSPS) is 10.7. The molecule has 0 bridgehead atoms. The first-order valence-corrected chi connectivity index (χ1v) is 11.5. The molecule has 3 rings (SSSR count). The second-order valence-corrected chi connectivity index (χ2v) is 8.34. The molecule has 9 heteroatoms. The summed E-state index contributed by atoms with van der Waals surface area (Å²) in [6.45, 7) is 0.264. The Morgan fingerprint density at radius 3 is 2.72 bits per heavy atom. The number of nitrogens with one attached hydrogen (secondary N) is 1. The molecule has 1 amide bonds. The number of anilines is 1. The first-order valence-electron chi connectivity index (χ1n) is 8.89. The quantitative estimate of drug-likeness (QED) is 0.470. The molecular weight excluding hydrogens is 428 g/mol. The van der Waals surface area contributed by atoms with E-state index in [9.17, 15) is 4.79 Å². The molecule has 1 heterocycles. The van der Waals surface area contributed by atoms with Crippen molar-refractivity contribution >= 4 is 46.7 Å². The minimum Gasteiger partial charge on any atom is -0.484 e. The van der Waals surface area contributed by atoms with Gasteiger partial charge in [-0.1, -0.05) is 47.6 Å². The highest BCUT2D eigenvalue weighted by atomic mass is 35.5. The molecule has 0 unspecified atom stereocenters. The van der Waals surface area contributed by atoms with E-state index in [2.05, 4.69) is 15.5 Å². The van der Waals surface area contributed by atoms with Gasteiger partial charge in [-0.3, -0.25) is 4.79 Å². The third-order valence-corrected chi connectivity index (χ3v) is 6.19. The van der Waals surface area contributed by atoms with Crippen molar-refractivity contribution in [3.05, 3.63) is 59.4 Å². The van der Waals surface area contributed by atoms with E-state index >= 15 is 0 Å². The van der Waals surface area contributed by atoms with E-state index in [4.69, 9.17) is 16.3 Å². The molecule has 1 aromatic heterocycles. The minimum atomic E-state index is -0.0246. The lowest BCUT2D eigenvalue weighted by atomic mass is 10.3. The number of aromatic nitrogens is 3. The molecule has 0 saturated carbocycles. The first kappa shape index (κ1) is 21.5. The Morgan fingerprint density at radius 1 is 1.17 bits per heavy atom. The van der Waals surface area contributed by atoms with E-state index in [1.165, 1.54) is 11.8 Å². The summed E-state index contributed by atoms with van der Waals surface area (Å²) in [4.78, 5) is 13.3. The lowest BCUT2D eigenvalue weighted by molar-refractivity contribution is -0.115. The smallest absolute Gasteiger partial charge is 0.225 e. The summed E-state index contributed by atoms with van der Waals surface area (Å²) in [5, 5.41) is 12.6. The fraction of sp³-hybridized carbons (Fsp3) is 0.250. The molecule has 0 atom stereocenters. The number of hydrogen-bond donors (Lipinski definition) is 1. The van der Waals surface area contributed by atoms with Crippen LogP contribution in [0, 0.1) is 0 Å². The van der Waals surface area contributed by atoms with Crippen LogP contribution in [0.5, 0.6) is 5.75 Å². The summed E-state index contributed by atoms with van der Waals surface area (Å²) in [6, 6.07) is 15.1. The number of thioether (sulfide) groups is 2. The van der Waals surface area contributed by atoms with Gasteiger partial charge in [-0.05, 0) is 30.5 Å². The van der Waals surface area contributed by atoms with Gasteiger partial charge >= 0.3 is 0 Å². The number of halogens is 1. The molecule has 6 nitrogen and oxygen atoms in total. The lowest BCUT2D eigenvalue weighted by Crippen LogP contribution is -2.13. The molecule has 3 aromatic rings. The van der Waals surface area contributed by atoms with Crippen LogP contribution in [0.1, 0.15) is 12.2 Å². The van der Waals surface area contributed by atoms with Crippen molar-refractivity contribution in [2.45, 2.75) is 23.1 Å². The molecule has 152 valence electrons. The summed E-state index contributed by atoms with van der Waals surface area (Å²) in [7, 11) is 1.88. The van der Waals surface area contributed by atoms with Crippen molar-refractivity contribution in [2.75, 3.05) is 17.3 Å². The second-order valence-electron chi connectivity index (χ2n) is 6.02. The number of amides is 1. The Labute approximate surface area is 183 Å². The maximum Gasteiger partial charge on any atom is 0.225 e. The number of nitrogens with zero attached hydrogens (tertiary/aromatic N) is 3. The van der Waals surface area contributed by atoms with E-state index in [0.29, 0.717) is 28.8 Å². The fourth-order valence-electron chi connectivity index (χ4n) is 2.50. The SMILES string of the molecule is CSc1ccccc1NC(=O)CCSc1nnc(COc2ccccc2Cl)n1C. The van der Waals surface area contributed by atoms with Gasteiger partial charge in [0.1, 0.15) is 12.4 Å². The maximum atomic E-state index is 12.2. The summed E-state index contributed by atoms with van der Waals surface area (Å²) in [5.74, 6) is 1.87. The molecule has 0 radical (unpaired) electrons. The van der Waals surface area contributed by atoms with Crippen molar-refractivity contribution in [1.29, 1.82) is 0 Å². The monoisotopic (exact) mass is 448 g/mol. The zero-order valence-corrected chi connectivity index (χ0v) is 18.5. The minimum absolute atomic E-state index is 0.0246. The molecule has 0 aliphatic carbocycles. The molecule has 2 aromatic carbocycles. The molecule has 1 N–H and O–H groups in total. The zero-order valence-electron chi connectivity index (χ0n) is 16.1. The van der Waals surface area contributed by atoms with Crippen molar-refractivity contribution in [3.63, 3.8) is 0 Å². The number of hydrogen-bond acceptors (Lipinski definition) is 6. The zero-order chi connectivity index (χ0) is 20.6. The van der Waals surface area contributed by atoms with Crippen LogP contribution in [0.25, 0.3) is 0 Å². The summed E-state index contributed by atoms with van der Waals surface area (Å²) in [6.07, 6.45) is 2.37. The summed E-state index contributed by atoms with van der Waals surface area (Å²) >= 11 is 9.19. The topological polar surface area (TPSA) is 69.0 Å². The highest BCUT2D eigenvalue weighted by Gasteiger charge is 2.12. The maximum absolute atomic E-state index is 12.2. The average Bonchev–Trinajstić information content (AvgIpc) is 3.07. The van der Waals surface area contributed by atoms with E-state index in [1.807, 2.05) is 60.3 Å². The van der Waals surface area contributed by atoms with Crippen LogP contribution in [0.15, 0.2) is 58.6 Å². The fourth-order valence-corrected chi connectivity index (χ4v) is 4.11. The summed E-state index contributed by atoms with van der Waals surface area (Å²) in [5.41, 5.74) is 0.840. The number of carbonyl (C=O) groups excluding carboxylic acids is 1. The van der Waals surface area contributed by atoms with Gasteiger partial charge in [-0.2, -0.15) is 0 Å². The van der Waals surface area contributed by atoms with Gasteiger partial charge < -0.3 is 14.6 Å². The average molecular weight is 449 g/mol. The standard InChI is InChI=1S/C20H21ClN4O2S2/c1-25-18(13-27-16-9-5-3-7-14(16)21)23-24-20(25)29-12-11-19(26)22-15-8-4-6-10-17(15)28-2/h3-10H,11-13H2,1-2H3,(H,22,26). The Morgan fingerprint density at radius 2 is 1.93 bits per heavy atom. The van der Waals surface area contributed by atoms with Gasteiger partial charge in [0, 0.05) is 24.1 Å². The van der Waals surface area contributed by atoms with Gasteiger partial charge in [0.15, 0.2) is 11.0 Å². The van der Waals surface area contributed by atoms with E-state index < -0.39 is 0 Å². The summed E-state index contributed by atoms with van der Waals surface area (Å²) < 4.78 is 7.58. The van der Waals surface area contributed by atoms with Crippen LogP contribution in [-0.2, 0) is 18.4 Å². The van der Waals surface area contributed by atoms with Gasteiger partial charge in [0.25, 0.3) is 0 Å². The van der Waals surface area contributed by atoms with Gasteiger partial charge in [-0.15, -0.1) is 22.0 Å². The van der Waals surface area contributed by atoms with Gasteiger partial charge in [-0.25, -0.2) is 0 Å². The number of benzene rings is 2. The van der Waals surface area contributed by atoms with Crippen LogP contribution in [0.3, 0.4) is 0 Å². The van der Waals surface area contributed by atoms with E-state index in [-0.39, 0.29) is 12.5 Å². The molecule has 29 heavy (non-hydrogen) atoms. The third-order valence-electron chi connectivity index (χ3n) is 4.06. The molecule has 0 saturated heterocycles. The Balaban J connectivity index is 1.49. The van der Waals surface area contributed by atoms with E-state index in [1.54, 1.807) is 17.8 Å². The molecule has 0 aliphatic rings. The Kier molecular flexibility index (Phi) is 7.85. The number of rotatable bonds is 9. The molecule has 0 spiro atoms. The number of para-hydroxylation sites is 2. The van der Waals surface area contributed by atoms with Crippen molar-refractivity contribution in [3.8, 4) is 5.75 Å². The second kappa shape index (κ2) is 10.6.